The van der Waals surface area contributed by atoms with Crippen molar-refractivity contribution < 1.29 is 9.32 Å². The zero-order valence-corrected chi connectivity index (χ0v) is 8.41. The Balaban J connectivity index is 2.43. The van der Waals surface area contributed by atoms with E-state index in [4.69, 9.17) is 10.3 Å². The molecule has 1 aromatic rings. The van der Waals surface area contributed by atoms with Crippen molar-refractivity contribution in [2.75, 3.05) is 13.1 Å². The summed E-state index contributed by atoms with van der Waals surface area (Å²) in [5.74, 6) is 0.264. The van der Waals surface area contributed by atoms with Gasteiger partial charge in [0.05, 0.1) is 5.69 Å². The Bertz CT molecular complexity index is 309. The highest BCUT2D eigenvalue weighted by Crippen LogP contribution is 2.01. The summed E-state index contributed by atoms with van der Waals surface area (Å²) in [6.45, 7) is 4.83. The van der Waals surface area contributed by atoms with Crippen molar-refractivity contribution in [2.45, 2.75) is 13.8 Å². The van der Waals surface area contributed by atoms with Crippen molar-refractivity contribution >= 4 is 5.91 Å². The van der Waals surface area contributed by atoms with Crippen LogP contribution in [-0.4, -0.2) is 24.2 Å². The molecule has 1 aromatic heterocycles. The fraction of sp³-hybridized carbons (Fsp3) is 0.556. The number of aromatic nitrogens is 1. The molecule has 0 spiro atoms. The minimum Gasteiger partial charge on any atom is -0.351 e. The Morgan fingerprint density at radius 2 is 2.50 bits per heavy atom. The van der Waals surface area contributed by atoms with Crippen LogP contribution in [-0.2, 0) is 0 Å². The molecule has 0 aliphatic carbocycles. The van der Waals surface area contributed by atoms with Gasteiger partial charge in [-0.3, -0.25) is 4.79 Å². The minimum absolute atomic E-state index is 0.242. The molecular weight excluding hydrogens is 182 g/mol. The van der Waals surface area contributed by atoms with Crippen molar-refractivity contribution in [2.24, 2.45) is 11.7 Å². The number of hydrogen-bond acceptors (Lipinski definition) is 4. The monoisotopic (exact) mass is 197 g/mol. The Morgan fingerprint density at radius 1 is 1.79 bits per heavy atom. The number of carbonyl (C=O) groups is 1. The predicted molar refractivity (Wildman–Crippen MR) is 51.8 cm³/mol. The Kier molecular flexibility index (Phi) is 3.64. The maximum Gasteiger partial charge on any atom is 0.289 e. The van der Waals surface area contributed by atoms with Crippen molar-refractivity contribution in [1.82, 2.24) is 10.5 Å². The average Bonchev–Trinajstić information content (AvgIpc) is 2.60. The molecule has 0 aromatic carbocycles. The van der Waals surface area contributed by atoms with Crippen LogP contribution in [0.15, 0.2) is 10.6 Å². The molecule has 1 unspecified atom stereocenters. The highest BCUT2D eigenvalue weighted by Gasteiger charge is 2.11. The number of nitrogens with zero attached hydrogens (tertiary/aromatic N) is 1. The van der Waals surface area contributed by atoms with Crippen molar-refractivity contribution in [3.63, 3.8) is 0 Å². The second kappa shape index (κ2) is 4.76. The van der Waals surface area contributed by atoms with Crippen LogP contribution in [0.25, 0.3) is 0 Å². The van der Waals surface area contributed by atoms with Crippen LogP contribution in [0.1, 0.15) is 23.2 Å². The summed E-state index contributed by atoms with van der Waals surface area (Å²) < 4.78 is 4.80. The minimum atomic E-state index is -0.245. The molecule has 1 atom stereocenters. The van der Waals surface area contributed by atoms with E-state index < -0.39 is 0 Å². The van der Waals surface area contributed by atoms with E-state index in [9.17, 15) is 4.79 Å². The van der Waals surface area contributed by atoms with Gasteiger partial charge in [0, 0.05) is 12.6 Å². The predicted octanol–water partition coefficient (Wildman–Crippen LogP) is 0.308. The molecule has 5 heteroatoms. The van der Waals surface area contributed by atoms with E-state index in [2.05, 4.69) is 10.5 Å². The molecule has 14 heavy (non-hydrogen) atoms. The molecule has 0 saturated carbocycles. The normalized spacial score (nSPS) is 12.5. The van der Waals surface area contributed by atoms with Gasteiger partial charge in [0.2, 0.25) is 5.76 Å². The molecule has 78 valence electrons. The lowest BCUT2D eigenvalue weighted by Gasteiger charge is -2.07. The van der Waals surface area contributed by atoms with Gasteiger partial charge >= 0.3 is 0 Å². The topological polar surface area (TPSA) is 81.2 Å². The van der Waals surface area contributed by atoms with Crippen LogP contribution in [0.2, 0.25) is 0 Å². The van der Waals surface area contributed by atoms with Gasteiger partial charge in [-0.1, -0.05) is 12.1 Å². The zero-order chi connectivity index (χ0) is 10.6. The van der Waals surface area contributed by atoms with Crippen LogP contribution in [0.5, 0.6) is 0 Å². The van der Waals surface area contributed by atoms with Crippen molar-refractivity contribution in [3.8, 4) is 0 Å². The summed E-state index contributed by atoms with van der Waals surface area (Å²) in [5, 5.41) is 6.33. The molecule has 0 fully saturated rings. The second-order valence-electron chi connectivity index (χ2n) is 3.38. The fourth-order valence-corrected chi connectivity index (χ4v) is 0.908. The highest BCUT2D eigenvalue weighted by molar-refractivity contribution is 5.91. The van der Waals surface area contributed by atoms with E-state index in [0.717, 1.165) is 0 Å². The first-order chi connectivity index (χ1) is 6.63. The quantitative estimate of drug-likeness (QED) is 0.727. The van der Waals surface area contributed by atoms with E-state index in [-0.39, 0.29) is 17.6 Å². The standard InChI is InChI=1S/C9H15N3O2/c1-6(4-10)5-11-9(13)8-3-7(2)12-14-8/h3,6H,4-5,10H2,1-2H3,(H,11,13). The first-order valence-electron chi connectivity index (χ1n) is 4.55. The lowest BCUT2D eigenvalue weighted by molar-refractivity contribution is 0.0911. The first kappa shape index (κ1) is 10.7. The largest absolute Gasteiger partial charge is 0.351 e. The van der Waals surface area contributed by atoms with Gasteiger partial charge < -0.3 is 15.6 Å². The van der Waals surface area contributed by atoms with Gasteiger partial charge in [-0.25, -0.2) is 0 Å². The molecule has 0 bridgehead atoms. The van der Waals surface area contributed by atoms with Gasteiger partial charge in [-0.15, -0.1) is 0 Å². The summed E-state index contributed by atoms with van der Waals surface area (Å²) in [6.07, 6.45) is 0. The number of nitrogens with one attached hydrogen (secondary N) is 1. The van der Waals surface area contributed by atoms with E-state index in [1.54, 1.807) is 13.0 Å². The van der Waals surface area contributed by atoms with Gasteiger partial charge in [-0.2, -0.15) is 0 Å². The van der Waals surface area contributed by atoms with Crippen molar-refractivity contribution in [1.29, 1.82) is 0 Å². The molecule has 3 N–H and O–H groups in total. The summed E-state index contributed by atoms with van der Waals surface area (Å²) >= 11 is 0. The zero-order valence-electron chi connectivity index (χ0n) is 8.41. The molecule has 1 rings (SSSR count). The number of rotatable bonds is 4. The van der Waals surface area contributed by atoms with Crippen LogP contribution >= 0.6 is 0 Å². The Hall–Kier alpha value is -1.36. The molecule has 1 amide bonds. The van der Waals surface area contributed by atoms with E-state index in [1.165, 1.54) is 0 Å². The molecule has 0 saturated heterocycles. The van der Waals surface area contributed by atoms with Gasteiger partial charge in [0.1, 0.15) is 0 Å². The first-order valence-corrected chi connectivity index (χ1v) is 4.55. The number of amides is 1. The van der Waals surface area contributed by atoms with Crippen LogP contribution < -0.4 is 11.1 Å². The molecule has 0 aliphatic heterocycles. The third kappa shape index (κ3) is 2.85. The smallest absolute Gasteiger partial charge is 0.289 e. The Morgan fingerprint density at radius 3 is 3.00 bits per heavy atom. The maximum atomic E-state index is 11.4. The maximum absolute atomic E-state index is 11.4. The lowest BCUT2D eigenvalue weighted by Crippen LogP contribution is -2.31. The second-order valence-corrected chi connectivity index (χ2v) is 3.38. The van der Waals surface area contributed by atoms with Gasteiger partial charge in [0.25, 0.3) is 5.91 Å². The number of hydrogen-bond donors (Lipinski definition) is 2. The van der Waals surface area contributed by atoms with Crippen LogP contribution in [0.4, 0.5) is 0 Å². The summed E-state index contributed by atoms with van der Waals surface area (Å²) in [4.78, 5) is 11.4. The Labute approximate surface area is 82.6 Å². The summed E-state index contributed by atoms with van der Waals surface area (Å²) in [7, 11) is 0. The molecular formula is C9H15N3O2. The third-order valence-corrected chi connectivity index (χ3v) is 1.87. The van der Waals surface area contributed by atoms with Gasteiger partial charge in [-0.05, 0) is 19.4 Å². The van der Waals surface area contributed by atoms with E-state index in [1.807, 2.05) is 6.92 Å². The SMILES string of the molecule is Cc1cc(C(=O)NCC(C)CN)on1. The number of aryl methyl sites for hydroxylation is 1. The summed E-state index contributed by atoms with van der Waals surface area (Å²) in [5.41, 5.74) is 6.11. The van der Waals surface area contributed by atoms with Gasteiger partial charge in [0.15, 0.2) is 0 Å². The van der Waals surface area contributed by atoms with Crippen LogP contribution in [0, 0.1) is 12.8 Å². The van der Waals surface area contributed by atoms with Crippen molar-refractivity contribution in [3.05, 3.63) is 17.5 Å². The number of nitrogens with two attached hydrogens (primary N) is 1. The molecule has 5 nitrogen and oxygen atoms in total. The lowest BCUT2D eigenvalue weighted by atomic mass is 10.2. The highest BCUT2D eigenvalue weighted by atomic mass is 16.5. The molecule has 1 heterocycles. The molecule has 0 radical (unpaired) electrons. The average molecular weight is 197 g/mol. The fourth-order valence-electron chi connectivity index (χ4n) is 0.908. The number of carbonyl (C=O) groups excluding carboxylic acids is 1. The van der Waals surface area contributed by atoms with E-state index >= 15 is 0 Å². The third-order valence-electron chi connectivity index (χ3n) is 1.87. The van der Waals surface area contributed by atoms with Crippen LogP contribution in [0.3, 0.4) is 0 Å². The summed E-state index contributed by atoms with van der Waals surface area (Å²) in [6, 6.07) is 1.60. The van der Waals surface area contributed by atoms with E-state index in [0.29, 0.717) is 18.8 Å². The molecule has 0 aliphatic rings.